The maximum Gasteiger partial charge on any atom is 0.130 e. The van der Waals surface area contributed by atoms with Crippen LogP contribution in [0.15, 0.2) is 18.2 Å². The molecule has 22 heavy (non-hydrogen) atoms. The van der Waals surface area contributed by atoms with Gasteiger partial charge in [-0.1, -0.05) is 25.7 Å². The van der Waals surface area contributed by atoms with E-state index in [4.69, 9.17) is 9.47 Å². The highest BCUT2D eigenvalue weighted by molar-refractivity contribution is 5.32. The Kier molecular flexibility index (Phi) is 10.4. The lowest BCUT2D eigenvalue weighted by Gasteiger charge is -2.07. The highest BCUT2D eigenvalue weighted by Crippen LogP contribution is 2.19. The van der Waals surface area contributed by atoms with Crippen molar-refractivity contribution in [1.82, 2.24) is 0 Å². The molecule has 0 aliphatic rings. The second-order valence-corrected chi connectivity index (χ2v) is 4.79. The molecule has 1 rings (SSSR count). The third-order valence-electron chi connectivity index (χ3n) is 2.73. The molecule has 1 aromatic rings. The summed E-state index contributed by atoms with van der Waals surface area (Å²) in [7, 11) is 0. The number of hydrogen-bond acceptors (Lipinski definition) is 2. The van der Waals surface area contributed by atoms with Crippen molar-refractivity contribution in [3.8, 4) is 35.2 Å². The molecule has 0 N–H and O–H groups in total. The average Bonchev–Trinajstić information content (AvgIpc) is 2.54. The van der Waals surface area contributed by atoms with E-state index in [1.807, 2.05) is 18.2 Å². The van der Waals surface area contributed by atoms with Crippen LogP contribution in [0, 0.1) is 29.7 Å². The van der Waals surface area contributed by atoms with Crippen molar-refractivity contribution in [3.05, 3.63) is 24.3 Å². The van der Waals surface area contributed by atoms with E-state index in [0.29, 0.717) is 19.0 Å². The smallest absolute Gasteiger partial charge is 0.130 e. The van der Waals surface area contributed by atoms with Gasteiger partial charge in [-0.3, -0.25) is 0 Å². The molecule has 0 heterocycles. The first-order valence-corrected chi connectivity index (χ1v) is 8.05. The molecule has 0 atom stereocenters. The molecule has 0 aromatic heterocycles. The fourth-order valence-corrected chi connectivity index (χ4v) is 1.63. The van der Waals surface area contributed by atoms with E-state index >= 15 is 0 Å². The molecule has 2 heteroatoms. The quantitative estimate of drug-likeness (QED) is 0.514. The molecule has 2 nitrogen and oxygen atoms in total. The Labute approximate surface area is 135 Å². The molecule has 0 aliphatic carbocycles. The van der Waals surface area contributed by atoms with E-state index in [-0.39, 0.29) is 0 Å². The fourth-order valence-electron chi connectivity index (χ4n) is 1.63. The third kappa shape index (κ3) is 8.98. The summed E-state index contributed by atoms with van der Waals surface area (Å²) in [5.41, 5.74) is 0. The highest BCUT2D eigenvalue weighted by Gasteiger charge is 1.97. The van der Waals surface area contributed by atoms with Crippen LogP contribution in [-0.2, 0) is 0 Å². The van der Waals surface area contributed by atoms with Crippen LogP contribution in [0.3, 0.4) is 0 Å². The summed E-state index contributed by atoms with van der Waals surface area (Å²) in [4.78, 5) is 0. The Balaban J connectivity index is 2.27. The number of unbranched alkanes of at least 4 members (excludes halogenated alkanes) is 2. The Morgan fingerprint density at radius 2 is 1.45 bits per heavy atom. The summed E-state index contributed by atoms with van der Waals surface area (Å²) in [6.07, 6.45) is 5.61. The minimum atomic E-state index is 0.583. The van der Waals surface area contributed by atoms with Crippen molar-refractivity contribution in [3.63, 3.8) is 0 Å². The van der Waals surface area contributed by atoms with E-state index in [9.17, 15) is 0 Å². The molecule has 0 saturated heterocycles. The largest absolute Gasteiger partial charge is 0.492 e. The second-order valence-electron chi connectivity index (χ2n) is 4.79. The first-order valence-electron chi connectivity index (χ1n) is 8.05. The minimum Gasteiger partial charge on any atom is -0.492 e. The molecule has 0 spiro atoms. The number of hydrogen-bond donors (Lipinski definition) is 0. The monoisotopic (exact) mass is 297 g/mol. The van der Waals surface area contributed by atoms with Gasteiger partial charge in [0.1, 0.15) is 11.5 Å². The molecular weight excluding hydrogens is 272 g/mol. The SMILES string of the molecule is CCCC#CCCOc1[c]ccc(OCCC#CCCC)c1. The fraction of sp³-hybridized carbons (Fsp3) is 0.500. The lowest BCUT2D eigenvalue weighted by Crippen LogP contribution is -1.98. The van der Waals surface area contributed by atoms with Crippen LogP contribution in [0.5, 0.6) is 11.5 Å². The second kappa shape index (κ2) is 12.7. The zero-order valence-corrected chi connectivity index (χ0v) is 13.7. The maximum atomic E-state index is 5.66. The number of rotatable bonds is 8. The number of benzene rings is 1. The molecule has 1 aromatic carbocycles. The summed E-state index contributed by atoms with van der Waals surface area (Å²) >= 11 is 0. The van der Waals surface area contributed by atoms with Gasteiger partial charge in [0.25, 0.3) is 0 Å². The maximum absolute atomic E-state index is 5.66. The van der Waals surface area contributed by atoms with Gasteiger partial charge in [0.2, 0.25) is 0 Å². The van der Waals surface area contributed by atoms with Crippen LogP contribution >= 0.6 is 0 Å². The lowest BCUT2D eigenvalue weighted by molar-refractivity contribution is 0.310. The Morgan fingerprint density at radius 3 is 2.09 bits per heavy atom. The summed E-state index contributed by atoms with van der Waals surface area (Å²) in [6, 6.07) is 8.61. The van der Waals surface area contributed by atoms with Crippen molar-refractivity contribution >= 4 is 0 Å². The summed E-state index contributed by atoms with van der Waals surface area (Å²) in [6.45, 7) is 5.44. The van der Waals surface area contributed by atoms with Crippen LogP contribution in [0.25, 0.3) is 0 Å². The summed E-state index contributed by atoms with van der Waals surface area (Å²) in [5, 5.41) is 0. The van der Waals surface area contributed by atoms with Crippen LogP contribution in [-0.4, -0.2) is 13.2 Å². The van der Waals surface area contributed by atoms with Crippen molar-refractivity contribution in [2.75, 3.05) is 13.2 Å². The predicted octanol–water partition coefficient (Wildman–Crippen LogP) is 4.63. The Hall–Kier alpha value is -2.06. The van der Waals surface area contributed by atoms with E-state index in [2.05, 4.69) is 43.6 Å². The van der Waals surface area contributed by atoms with E-state index in [1.54, 1.807) is 0 Å². The molecule has 0 bridgehead atoms. The van der Waals surface area contributed by atoms with Gasteiger partial charge in [-0.05, 0) is 25.0 Å². The molecule has 117 valence electrons. The van der Waals surface area contributed by atoms with Crippen molar-refractivity contribution in [2.45, 2.75) is 52.4 Å². The number of ether oxygens (including phenoxy) is 2. The normalized spacial score (nSPS) is 9.18. The molecule has 0 unspecified atom stereocenters. The molecule has 0 aliphatic heterocycles. The minimum absolute atomic E-state index is 0.583. The molecule has 1 radical (unpaired) electrons. The van der Waals surface area contributed by atoms with Crippen LogP contribution in [0.1, 0.15) is 52.4 Å². The van der Waals surface area contributed by atoms with Gasteiger partial charge in [0.05, 0.1) is 13.2 Å². The first-order chi connectivity index (χ1) is 10.9. The van der Waals surface area contributed by atoms with Gasteiger partial charge >= 0.3 is 0 Å². The Bertz CT molecular complexity index is 481. The van der Waals surface area contributed by atoms with Crippen molar-refractivity contribution in [1.29, 1.82) is 0 Å². The predicted molar refractivity (Wildman–Crippen MR) is 90.9 cm³/mol. The van der Waals surface area contributed by atoms with Gasteiger partial charge in [-0.15, -0.1) is 11.8 Å². The standard InChI is InChI=1S/C20H25O2/c1-3-5-7-9-11-16-21-19-14-13-15-20(18-19)22-17-12-10-8-6-4-2/h13-14,18H,3-6,11-12,16-17H2,1-2H3. The third-order valence-corrected chi connectivity index (χ3v) is 2.73. The van der Waals surface area contributed by atoms with E-state index in [0.717, 1.165) is 44.3 Å². The van der Waals surface area contributed by atoms with Crippen molar-refractivity contribution < 1.29 is 9.47 Å². The van der Waals surface area contributed by atoms with Crippen molar-refractivity contribution in [2.24, 2.45) is 0 Å². The average molecular weight is 297 g/mol. The van der Waals surface area contributed by atoms with E-state index in [1.165, 1.54) is 0 Å². The zero-order valence-electron chi connectivity index (χ0n) is 13.7. The molecule has 0 fully saturated rings. The van der Waals surface area contributed by atoms with Gasteiger partial charge in [0.15, 0.2) is 0 Å². The van der Waals surface area contributed by atoms with Crippen LogP contribution in [0.4, 0.5) is 0 Å². The Morgan fingerprint density at radius 1 is 0.864 bits per heavy atom. The molecule has 0 amide bonds. The molecular formula is C20H25O2. The van der Waals surface area contributed by atoms with Gasteiger partial charge in [-0.25, -0.2) is 0 Å². The van der Waals surface area contributed by atoms with Crippen LogP contribution < -0.4 is 9.47 Å². The first kappa shape index (κ1) is 18.0. The summed E-state index contributed by atoms with van der Waals surface area (Å²) < 4.78 is 11.3. The topological polar surface area (TPSA) is 18.5 Å². The highest BCUT2D eigenvalue weighted by atomic mass is 16.5. The zero-order chi connectivity index (χ0) is 15.9. The van der Waals surface area contributed by atoms with Gasteiger partial charge < -0.3 is 9.47 Å². The summed E-state index contributed by atoms with van der Waals surface area (Å²) in [5.74, 6) is 13.9. The van der Waals surface area contributed by atoms with Gasteiger partial charge in [-0.2, -0.15) is 0 Å². The van der Waals surface area contributed by atoms with Gasteiger partial charge in [0, 0.05) is 37.8 Å². The van der Waals surface area contributed by atoms with Crippen LogP contribution in [0.2, 0.25) is 0 Å². The lowest BCUT2D eigenvalue weighted by atomic mass is 10.3. The van der Waals surface area contributed by atoms with E-state index < -0.39 is 0 Å². The molecule has 0 saturated carbocycles.